The number of rotatable bonds is 7. The van der Waals surface area contributed by atoms with Crippen molar-refractivity contribution in [3.05, 3.63) is 23.8 Å². The van der Waals surface area contributed by atoms with E-state index >= 15 is 0 Å². The van der Waals surface area contributed by atoms with Crippen molar-refractivity contribution in [1.29, 1.82) is 0 Å². The summed E-state index contributed by atoms with van der Waals surface area (Å²) in [5.74, 6) is 0.722. The molecule has 0 N–H and O–H groups in total. The van der Waals surface area contributed by atoms with Gasteiger partial charge in [-0.1, -0.05) is 37.5 Å². The third kappa shape index (κ3) is 6.01. The van der Waals surface area contributed by atoms with Crippen molar-refractivity contribution in [2.75, 3.05) is 0 Å². The smallest absolute Gasteiger partial charge is 0.0258 e. The zero-order valence-electron chi connectivity index (χ0n) is 10.4. The van der Waals surface area contributed by atoms with Crippen LogP contribution in [0.2, 0.25) is 0 Å². The monoisotopic (exact) mass is 194 g/mol. The topological polar surface area (TPSA) is 0 Å². The van der Waals surface area contributed by atoms with E-state index in [9.17, 15) is 0 Å². The minimum atomic E-state index is 0.722. The van der Waals surface area contributed by atoms with Gasteiger partial charge in [-0.25, -0.2) is 0 Å². The molecule has 0 bridgehead atoms. The molecule has 0 aliphatic heterocycles. The van der Waals surface area contributed by atoms with Gasteiger partial charge in [0, 0.05) is 0 Å². The van der Waals surface area contributed by atoms with Crippen molar-refractivity contribution < 1.29 is 0 Å². The summed E-state index contributed by atoms with van der Waals surface area (Å²) in [4.78, 5) is 0. The standard InChI is InChI=1S/C14H26/c1-6-7-8-9-10-11-14(12(2)3)13(4)5/h6,12H,1,7-11H2,2-5H3. The van der Waals surface area contributed by atoms with E-state index in [1.807, 2.05) is 6.08 Å². The molecule has 0 aliphatic rings. The van der Waals surface area contributed by atoms with Crippen molar-refractivity contribution in [2.24, 2.45) is 5.92 Å². The maximum Gasteiger partial charge on any atom is -0.0258 e. The van der Waals surface area contributed by atoms with Crippen LogP contribution in [0.3, 0.4) is 0 Å². The molecule has 0 fully saturated rings. The fourth-order valence-electron chi connectivity index (χ4n) is 1.90. The van der Waals surface area contributed by atoms with E-state index in [0.29, 0.717) is 0 Å². The lowest BCUT2D eigenvalue weighted by Crippen LogP contribution is -1.96. The molecule has 0 amide bonds. The Balaban J connectivity index is 3.74. The van der Waals surface area contributed by atoms with E-state index in [4.69, 9.17) is 0 Å². The van der Waals surface area contributed by atoms with Crippen LogP contribution in [-0.2, 0) is 0 Å². The molecule has 0 saturated heterocycles. The zero-order valence-corrected chi connectivity index (χ0v) is 10.4. The van der Waals surface area contributed by atoms with Crippen molar-refractivity contribution in [3.8, 4) is 0 Å². The molecule has 0 nitrogen and oxygen atoms in total. The Kier molecular flexibility index (Phi) is 7.55. The Morgan fingerprint density at radius 2 is 1.79 bits per heavy atom. The summed E-state index contributed by atoms with van der Waals surface area (Å²) in [6.07, 6.45) is 8.47. The normalized spacial score (nSPS) is 10.4. The van der Waals surface area contributed by atoms with Crippen LogP contribution >= 0.6 is 0 Å². The van der Waals surface area contributed by atoms with Gasteiger partial charge < -0.3 is 0 Å². The summed E-state index contributed by atoms with van der Waals surface area (Å²) in [6, 6.07) is 0. The molecule has 0 aromatic rings. The summed E-state index contributed by atoms with van der Waals surface area (Å²) < 4.78 is 0. The second-order valence-electron chi connectivity index (χ2n) is 4.57. The van der Waals surface area contributed by atoms with Gasteiger partial charge in [0.05, 0.1) is 0 Å². The molecular formula is C14H26. The van der Waals surface area contributed by atoms with Gasteiger partial charge in [-0.15, -0.1) is 6.58 Å². The molecular weight excluding hydrogens is 168 g/mol. The van der Waals surface area contributed by atoms with Gasteiger partial charge in [-0.3, -0.25) is 0 Å². The number of hydrogen-bond acceptors (Lipinski definition) is 0. The molecule has 0 aromatic carbocycles. The Hall–Kier alpha value is -0.520. The van der Waals surface area contributed by atoms with Crippen LogP contribution in [0.15, 0.2) is 23.8 Å². The average Bonchev–Trinajstić information content (AvgIpc) is 2.09. The maximum absolute atomic E-state index is 3.74. The summed E-state index contributed by atoms with van der Waals surface area (Å²) in [6.45, 7) is 12.8. The third-order valence-corrected chi connectivity index (χ3v) is 2.69. The molecule has 0 saturated carbocycles. The minimum Gasteiger partial charge on any atom is -0.103 e. The van der Waals surface area contributed by atoms with E-state index in [2.05, 4.69) is 34.3 Å². The average molecular weight is 194 g/mol. The predicted molar refractivity (Wildman–Crippen MR) is 66.5 cm³/mol. The van der Waals surface area contributed by atoms with Crippen LogP contribution < -0.4 is 0 Å². The first-order valence-corrected chi connectivity index (χ1v) is 5.86. The molecule has 0 aliphatic carbocycles. The molecule has 82 valence electrons. The second kappa shape index (κ2) is 7.84. The van der Waals surface area contributed by atoms with E-state index in [-0.39, 0.29) is 0 Å². The first-order chi connectivity index (χ1) is 6.59. The van der Waals surface area contributed by atoms with Crippen LogP contribution in [0.4, 0.5) is 0 Å². The number of hydrogen-bond donors (Lipinski definition) is 0. The van der Waals surface area contributed by atoms with Gasteiger partial charge in [0.1, 0.15) is 0 Å². The highest BCUT2D eigenvalue weighted by Crippen LogP contribution is 2.21. The van der Waals surface area contributed by atoms with Crippen molar-refractivity contribution in [1.82, 2.24) is 0 Å². The quantitative estimate of drug-likeness (QED) is 0.390. The lowest BCUT2D eigenvalue weighted by atomic mass is 9.93. The highest BCUT2D eigenvalue weighted by molar-refractivity contribution is 5.11. The predicted octanol–water partition coefficient (Wildman–Crippen LogP) is 5.12. The van der Waals surface area contributed by atoms with E-state index < -0.39 is 0 Å². The lowest BCUT2D eigenvalue weighted by Gasteiger charge is -2.13. The third-order valence-electron chi connectivity index (χ3n) is 2.69. The van der Waals surface area contributed by atoms with Gasteiger partial charge in [0.25, 0.3) is 0 Å². The summed E-state index contributed by atoms with van der Waals surface area (Å²) >= 11 is 0. The number of unbranched alkanes of at least 4 members (excludes halogenated alkanes) is 3. The van der Waals surface area contributed by atoms with Crippen LogP contribution in [0.1, 0.15) is 59.8 Å². The highest BCUT2D eigenvalue weighted by Gasteiger charge is 2.04. The van der Waals surface area contributed by atoms with E-state index in [1.165, 1.54) is 37.7 Å². The first-order valence-electron chi connectivity index (χ1n) is 5.86. The Labute approximate surface area is 90.1 Å². The van der Waals surface area contributed by atoms with Crippen molar-refractivity contribution in [3.63, 3.8) is 0 Å². The Morgan fingerprint density at radius 1 is 1.14 bits per heavy atom. The molecule has 0 spiro atoms. The Morgan fingerprint density at radius 3 is 2.21 bits per heavy atom. The van der Waals surface area contributed by atoms with Crippen molar-refractivity contribution >= 4 is 0 Å². The molecule has 0 aromatic heterocycles. The minimum absolute atomic E-state index is 0.722. The maximum atomic E-state index is 3.74. The molecule has 0 heteroatoms. The molecule has 0 unspecified atom stereocenters. The van der Waals surface area contributed by atoms with E-state index in [1.54, 1.807) is 5.57 Å². The van der Waals surface area contributed by atoms with Gasteiger partial charge in [-0.05, 0) is 45.4 Å². The Bertz CT molecular complexity index is 180. The summed E-state index contributed by atoms with van der Waals surface area (Å²) in [5, 5.41) is 0. The van der Waals surface area contributed by atoms with Crippen LogP contribution in [-0.4, -0.2) is 0 Å². The van der Waals surface area contributed by atoms with Gasteiger partial charge in [0.15, 0.2) is 0 Å². The van der Waals surface area contributed by atoms with E-state index in [0.717, 1.165) is 5.92 Å². The summed E-state index contributed by atoms with van der Waals surface area (Å²) in [5.41, 5.74) is 3.17. The molecule has 0 rings (SSSR count). The molecule has 0 atom stereocenters. The fourth-order valence-corrected chi connectivity index (χ4v) is 1.90. The zero-order chi connectivity index (χ0) is 11.0. The first kappa shape index (κ1) is 13.5. The van der Waals surface area contributed by atoms with Crippen molar-refractivity contribution in [2.45, 2.75) is 59.8 Å². The molecule has 0 radical (unpaired) electrons. The molecule has 0 heterocycles. The van der Waals surface area contributed by atoms with Crippen LogP contribution in [0, 0.1) is 5.92 Å². The van der Waals surface area contributed by atoms with Crippen LogP contribution in [0.5, 0.6) is 0 Å². The number of allylic oxidation sites excluding steroid dienone is 3. The molecule has 14 heavy (non-hydrogen) atoms. The van der Waals surface area contributed by atoms with Gasteiger partial charge in [0.2, 0.25) is 0 Å². The largest absolute Gasteiger partial charge is 0.103 e. The van der Waals surface area contributed by atoms with Gasteiger partial charge >= 0.3 is 0 Å². The second-order valence-corrected chi connectivity index (χ2v) is 4.57. The SMILES string of the molecule is C=CCCCCCC(=C(C)C)C(C)C. The van der Waals surface area contributed by atoms with Gasteiger partial charge in [-0.2, -0.15) is 0 Å². The highest BCUT2D eigenvalue weighted by atomic mass is 14.1. The fraction of sp³-hybridized carbons (Fsp3) is 0.714. The summed E-state index contributed by atoms with van der Waals surface area (Å²) in [7, 11) is 0. The lowest BCUT2D eigenvalue weighted by molar-refractivity contribution is 0.628. The van der Waals surface area contributed by atoms with Crippen LogP contribution in [0.25, 0.3) is 0 Å².